The number of hydrogen-bond acceptors (Lipinski definition) is 2. The molecule has 2 nitrogen and oxygen atoms in total. The third-order valence-electron chi connectivity index (χ3n) is 5.03. The van der Waals surface area contributed by atoms with Gasteiger partial charge >= 0.3 is 0 Å². The number of hydrogen-bond donors (Lipinski definition) is 0. The lowest BCUT2D eigenvalue weighted by Crippen LogP contribution is -2.03. The molecule has 0 radical (unpaired) electrons. The molecule has 2 aromatic rings. The molecular weight excluding hydrogens is 320 g/mol. The topological polar surface area (TPSA) is 18.5 Å². The molecule has 0 bridgehead atoms. The van der Waals surface area contributed by atoms with E-state index in [0.717, 1.165) is 22.6 Å². The first-order valence-corrected chi connectivity index (χ1v) is 9.02. The molecule has 0 saturated carbocycles. The molecule has 0 aromatic heterocycles. The van der Waals surface area contributed by atoms with Gasteiger partial charge in [-0.25, -0.2) is 0 Å². The number of benzene rings is 2. The van der Waals surface area contributed by atoms with Crippen molar-refractivity contribution in [1.82, 2.24) is 0 Å². The summed E-state index contributed by atoms with van der Waals surface area (Å²) in [4.78, 5) is 0. The van der Waals surface area contributed by atoms with Crippen LogP contribution < -0.4 is 9.47 Å². The van der Waals surface area contributed by atoms with Crippen molar-refractivity contribution in [3.8, 4) is 22.6 Å². The van der Waals surface area contributed by atoms with Gasteiger partial charge in [-0.3, -0.25) is 0 Å². The Morgan fingerprint density at radius 3 is 1.31 bits per heavy atom. The van der Waals surface area contributed by atoms with Crippen molar-refractivity contribution in [2.45, 2.75) is 41.5 Å². The normalized spacial score (nSPS) is 10.5. The lowest BCUT2D eigenvalue weighted by molar-refractivity contribution is 0.357. The number of aryl methyl sites for hydroxylation is 2. The van der Waals surface area contributed by atoms with E-state index in [1.807, 2.05) is 0 Å². The molecule has 0 saturated heterocycles. The van der Waals surface area contributed by atoms with E-state index in [-0.39, 0.29) is 0 Å². The predicted molar refractivity (Wildman–Crippen MR) is 112 cm³/mol. The van der Waals surface area contributed by atoms with Gasteiger partial charge in [0, 0.05) is 0 Å². The van der Waals surface area contributed by atoms with Gasteiger partial charge in [0.2, 0.25) is 0 Å². The molecule has 138 valence electrons. The maximum Gasteiger partial charge on any atom is 0.125 e. The first kappa shape index (κ1) is 19.8. The van der Waals surface area contributed by atoms with Gasteiger partial charge in [0.1, 0.15) is 24.7 Å². The summed E-state index contributed by atoms with van der Waals surface area (Å²) in [6.07, 6.45) is 3.56. The van der Waals surface area contributed by atoms with Crippen LogP contribution in [-0.4, -0.2) is 13.2 Å². The maximum absolute atomic E-state index is 5.88. The molecule has 0 heterocycles. The molecule has 0 spiro atoms. The molecule has 0 aliphatic carbocycles. The van der Waals surface area contributed by atoms with E-state index in [1.54, 1.807) is 12.2 Å². The quantitative estimate of drug-likeness (QED) is 0.543. The molecule has 0 amide bonds. The molecule has 26 heavy (non-hydrogen) atoms. The Labute approximate surface area is 158 Å². The second kappa shape index (κ2) is 8.27. The minimum Gasteiger partial charge on any atom is -0.489 e. The predicted octanol–water partition coefficient (Wildman–Crippen LogP) is 6.33. The average Bonchev–Trinajstić information content (AvgIpc) is 2.61. The minimum absolute atomic E-state index is 0.521. The van der Waals surface area contributed by atoms with Gasteiger partial charge in [-0.2, -0.15) is 0 Å². The molecular formula is C24H30O2. The summed E-state index contributed by atoms with van der Waals surface area (Å²) in [5.74, 6) is 1.92. The van der Waals surface area contributed by atoms with Crippen LogP contribution in [-0.2, 0) is 0 Å². The minimum atomic E-state index is 0.521. The van der Waals surface area contributed by atoms with E-state index in [4.69, 9.17) is 9.47 Å². The van der Waals surface area contributed by atoms with Crippen molar-refractivity contribution in [1.29, 1.82) is 0 Å². The molecule has 0 aliphatic rings. The van der Waals surface area contributed by atoms with Crippen LogP contribution in [0.2, 0.25) is 0 Å². The third-order valence-corrected chi connectivity index (χ3v) is 5.03. The van der Waals surface area contributed by atoms with E-state index in [0.29, 0.717) is 13.2 Å². The fourth-order valence-corrected chi connectivity index (χ4v) is 3.40. The summed E-state index contributed by atoms with van der Waals surface area (Å²) in [7, 11) is 0. The highest BCUT2D eigenvalue weighted by molar-refractivity contribution is 5.77. The zero-order valence-electron chi connectivity index (χ0n) is 17.0. The van der Waals surface area contributed by atoms with Crippen LogP contribution in [0, 0.1) is 41.5 Å². The van der Waals surface area contributed by atoms with Crippen LogP contribution in [0.25, 0.3) is 11.1 Å². The molecule has 2 heteroatoms. The lowest BCUT2D eigenvalue weighted by atomic mass is 9.88. The maximum atomic E-state index is 5.88. The number of rotatable bonds is 7. The van der Waals surface area contributed by atoms with Gasteiger partial charge in [0.15, 0.2) is 0 Å². The van der Waals surface area contributed by atoms with Gasteiger partial charge in [-0.1, -0.05) is 25.3 Å². The molecule has 0 atom stereocenters. The summed E-state index contributed by atoms with van der Waals surface area (Å²) in [5.41, 5.74) is 9.66. The van der Waals surface area contributed by atoms with Crippen LogP contribution in [0.15, 0.2) is 37.4 Å². The summed E-state index contributed by atoms with van der Waals surface area (Å²) in [6.45, 7) is 21.3. The van der Waals surface area contributed by atoms with Crippen LogP contribution in [0.5, 0.6) is 11.5 Å². The van der Waals surface area contributed by atoms with Crippen LogP contribution in [0.4, 0.5) is 0 Å². The fourth-order valence-electron chi connectivity index (χ4n) is 3.40. The summed E-state index contributed by atoms with van der Waals surface area (Å²) >= 11 is 0. The molecule has 2 aromatic carbocycles. The Hall–Kier alpha value is -2.48. The summed E-state index contributed by atoms with van der Waals surface area (Å²) < 4.78 is 11.8. The van der Waals surface area contributed by atoms with Crippen molar-refractivity contribution in [3.05, 3.63) is 70.8 Å². The fraction of sp³-hybridized carbons (Fsp3) is 0.333. The van der Waals surface area contributed by atoms with Gasteiger partial charge in [-0.05, 0) is 98.2 Å². The largest absolute Gasteiger partial charge is 0.489 e. The van der Waals surface area contributed by atoms with Crippen LogP contribution in [0.1, 0.15) is 33.4 Å². The lowest BCUT2D eigenvalue weighted by Gasteiger charge is -2.21. The highest BCUT2D eigenvalue weighted by Gasteiger charge is 2.17. The first-order chi connectivity index (χ1) is 12.3. The zero-order valence-corrected chi connectivity index (χ0v) is 17.0. The monoisotopic (exact) mass is 350 g/mol. The highest BCUT2D eigenvalue weighted by atomic mass is 16.5. The molecule has 0 N–H and O–H groups in total. The van der Waals surface area contributed by atoms with Crippen LogP contribution >= 0.6 is 0 Å². The molecule has 0 aliphatic heterocycles. The van der Waals surface area contributed by atoms with E-state index in [9.17, 15) is 0 Å². The Bertz CT molecular complexity index is 773. The first-order valence-electron chi connectivity index (χ1n) is 9.02. The van der Waals surface area contributed by atoms with E-state index < -0.39 is 0 Å². The Morgan fingerprint density at radius 2 is 1.00 bits per heavy atom. The van der Waals surface area contributed by atoms with Crippen molar-refractivity contribution >= 4 is 0 Å². The van der Waals surface area contributed by atoms with E-state index >= 15 is 0 Å². The summed E-state index contributed by atoms with van der Waals surface area (Å²) in [5, 5.41) is 0. The Morgan fingerprint density at radius 1 is 0.654 bits per heavy atom. The average molecular weight is 351 g/mol. The van der Waals surface area contributed by atoms with E-state index in [2.05, 4.69) is 66.8 Å². The van der Waals surface area contributed by atoms with Crippen molar-refractivity contribution in [2.24, 2.45) is 0 Å². The van der Waals surface area contributed by atoms with Crippen molar-refractivity contribution in [3.63, 3.8) is 0 Å². The standard InChI is InChI=1S/C24H30O2/c1-9-11-25-23-15(3)13-21(17(5)19(23)7)22-14-16(4)24(26-12-10-2)20(8)18(22)6/h9-10,13-14H,1-2,11-12H2,3-8H3. The molecule has 0 fully saturated rings. The zero-order chi connectivity index (χ0) is 19.4. The third kappa shape index (κ3) is 3.70. The second-order valence-corrected chi connectivity index (χ2v) is 6.84. The van der Waals surface area contributed by atoms with Gasteiger partial charge in [0.05, 0.1) is 0 Å². The van der Waals surface area contributed by atoms with Gasteiger partial charge < -0.3 is 9.47 Å². The second-order valence-electron chi connectivity index (χ2n) is 6.84. The van der Waals surface area contributed by atoms with Crippen molar-refractivity contribution < 1.29 is 9.47 Å². The van der Waals surface area contributed by atoms with Crippen LogP contribution in [0.3, 0.4) is 0 Å². The smallest absolute Gasteiger partial charge is 0.125 e. The molecule has 0 unspecified atom stereocenters. The Balaban J connectivity index is 2.62. The Kier molecular flexibility index (Phi) is 6.31. The van der Waals surface area contributed by atoms with Gasteiger partial charge in [-0.15, -0.1) is 0 Å². The number of ether oxygens (including phenoxy) is 2. The highest BCUT2D eigenvalue weighted by Crippen LogP contribution is 2.39. The summed E-state index contributed by atoms with van der Waals surface area (Å²) in [6, 6.07) is 4.46. The van der Waals surface area contributed by atoms with Crippen molar-refractivity contribution in [2.75, 3.05) is 13.2 Å². The van der Waals surface area contributed by atoms with Gasteiger partial charge in [0.25, 0.3) is 0 Å². The molecule has 2 rings (SSSR count). The SMILES string of the molecule is C=CCOc1c(C)cc(-c2cc(C)c(OCC=C)c(C)c2C)c(C)c1C. The van der Waals surface area contributed by atoms with E-state index in [1.165, 1.54) is 33.4 Å².